The number of sulfone groups is 1. The molecule has 0 aliphatic carbocycles. The second-order valence-electron chi connectivity index (χ2n) is 13.3. The minimum atomic E-state index is -5.14. The summed E-state index contributed by atoms with van der Waals surface area (Å²) in [6.45, 7) is 0. The first kappa shape index (κ1) is 32.9. The van der Waals surface area contributed by atoms with Crippen LogP contribution in [0.15, 0.2) is 96.9 Å². The van der Waals surface area contributed by atoms with Gasteiger partial charge in [0.15, 0.2) is 10.9 Å². The number of nitrogens with zero attached hydrogens (tertiary/aromatic N) is 4. The summed E-state index contributed by atoms with van der Waals surface area (Å²) in [6, 6.07) is 11.2. The van der Waals surface area contributed by atoms with E-state index < -0.39 is 63.2 Å². The quantitative estimate of drug-likeness (QED) is 0.0800. The van der Waals surface area contributed by atoms with Crippen LogP contribution in [0.3, 0.4) is 0 Å². The van der Waals surface area contributed by atoms with Crippen LogP contribution in [0.1, 0.15) is 0 Å². The van der Waals surface area contributed by atoms with Gasteiger partial charge in [-0.05, 0) is 48.5 Å². The molecule has 1 aliphatic heterocycles. The minimum absolute atomic E-state index is 0.000618. The third-order valence-electron chi connectivity index (χ3n) is 10.8. The molecule has 11 aromatic rings. The standard InChI is InChI=1S/C36H10N4O14S3/c41-17-7-11-19-23-21(17)22-18(42)8-12-20-24(22)26-25(23)31(29(43)27(19)35(45)39-15-5-9(55-53-51-47)1-3-13(15)37-33(11)39)57(49,50)32(26)30(44)28(20)36(46)40-16-6-10(56-54-52-48)2-4-14(16)38-34(12)40/h1-8,47-48H. The second kappa shape index (κ2) is 10.6. The van der Waals surface area contributed by atoms with Crippen molar-refractivity contribution in [3.8, 4) is 0 Å². The van der Waals surface area contributed by atoms with Gasteiger partial charge in [0.25, 0.3) is 11.1 Å². The van der Waals surface area contributed by atoms with E-state index in [1.807, 2.05) is 0 Å². The van der Waals surface area contributed by atoms with Crippen LogP contribution in [0.4, 0.5) is 0 Å². The van der Waals surface area contributed by atoms with Gasteiger partial charge in [-0.25, -0.2) is 28.9 Å². The summed E-state index contributed by atoms with van der Waals surface area (Å²) in [5, 5.41) is 21.5. The third kappa shape index (κ3) is 3.67. The molecule has 4 aromatic heterocycles. The highest BCUT2D eigenvalue weighted by molar-refractivity contribution is 7.94. The van der Waals surface area contributed by atoms with Crippen molar-refractivity contribution in [2.75, 3.05) is 0 Å². The highest BCUT2D eigenvalue weighted by Gasteiger charge is 2.43. The number of fused-ring (bicyclic) bond motifs is 9. The normalized spacial score (nSPS) is 14.2. The maximum atomic E-state index is 14.7. The summed E-state index contributed by atoms with van der Waals surface area (Å²) in [5.41, 5.74) is -5.45. The maximum Gasteiger partial charge on any atom is 0.268 e. The largest absolute Gasteiger partial charge is 0.289 e. The van der Waals surface area contributed by atoms with Crippen LogP contribution in [0.5, 0.6) is 0 Å². The molecule has 0 radical (unpaired) electrons. The average Bonchev–Trinajstić information content (AvgIpc) is 3.84. The molecule has 21 heteroatoms. The predicted octanol–water partition coefficient (Wildman–Crippen LogP) is 3.56. The van der Waals surface area contributed by atoms with Crippen molar-refractivity contribution in [1.82, 2.24) is 18.8 Å². The van der Waals surface area contributed by atoms with E-state index in [4.69, 9.17) is 10.5 Å². The van der Waals surface area contributed by atoms with E-state index in [9.17, 15) is 37.2 Å². The van der Waals surface area contributed by atoms with E-state index in [-0.39, 0.29) is 87.2 Å². The van der Waals surface area contributed by atoms with Crippen molar-refractivity contribution in [3.05, 3.63) is 110 Å². The Morgan fingerprint density at radius 2 is 0.947 bits per heavy atom. The molecule has 0 saturated heterocycles. The van der Waals surface area contributed by atoms with Crippen LogP contribution >= 0.6 is 24.1 Å². The van der Waals surface area contributed by atoms with Gasteiger partial charge in [-0.15, -0.1) is 8.67 Å². The molecule has 0 unspecified atom stereocenters. The van der Waals surface area contributed by atoms with Crippen molar-refractivity contribution in [2.24, 2.45) is 0 Å². The summed E-state index contributed by atoms with van der Waals surface area (Å²) in [6.07, 6.45) is 0. The highest BCUT2D eigenvalue weighted by atomic mass is 32.2. The second-order valence-corrected chi connectivity index (χ2v) is 16.7. The number of rotatable bonds is 6. The Bertz CT molecular complexity index is 3970. The van der Waals surface area contributed by atoms with Crippen LogP contribution in [0.25, 0.3) is 98.0 Å². The van der Waals surface area contributed by atoms with E-state index in [1.165, 1.54) is 36.4 Å². The van der Waals surface area contributed by atoms with Crippen LogP contribution < -0.4 is 32.8 Å². The fraction of sp³-hybridized carbons (Fsp3) is 0. The maximum absolute atomic E-state index is 14.7. The molecule has 0 spiro atoms. The molecule has 0 fully saturated rings. The van der Waals surface area contributed by atoms with E-state index >= 15 is 0 Å². The van der Waals surface area contributed by atoms with Crippen molar-refractivity contribution < 1.29 is 37.7 Å². The van der Waals surface area contributed by atoms with E-state index in [1.54, 1.807) is 0 Å². The van der Waals surface area contributed by atoms with E-state index in [0.717, 1.165) is 20.9 Å². The van der Waals surface area contributed by atoms with Crippen LogP contribution in [0.2, 0.25) is 0 Å². The number of aromatic nitrogens is 4. The summed E-state index contributed by atoms with van der Waals surface area (Å²) in [5.74, 6) is 0. The molecule has 57 heavy (non-hydrogen) atoms. The van der Waals surface area contributed by atoms with E-state index in [2.05, 4.69) is 28.7 Å². The number of hydrogen-bond acceptors (Lipinski definition) is 18. The minimum Gasteiger partial charge on any atom is -0.289 e. The summed E-state index contributed by atoms with van der Waals surface area (Å²) >= 11 is 1.16. The van der Waals surface area contributed by atoms with Gasteiger partial charge in [0, 0.05) is 63.7 Å². The average molecular weight is 819 g/mol. The number of hydrogen-bond donors (Lipinski definition) is 2. The SMILES string of the molecule is O=c1c2c3c4c(c(=O)c5c(=O)n6c7cc(SOOO)ccc7nc6c6cc(=O)c(c7c(=O)cc8c(c1c(=O)n1c9cc(SOOO)ccc9nc81)c37)c4c56)S2(=O)=O. The molecule has 276 valence electrons. The van der Waals surface area contributed by atoms with Crippen molar-refractivity contribution in [2.45, 2.75) is 19.6 Å². The van der Waals surface area contributed by atoms with Gasteiger partial charge in [0.1, 0.15) is 21.1 Å². The first-order chi connectivity index (χ1) is 27.5. The number of imidazole rings is 2. The van der Waals surface area contributed by atoms with Gasteiger partial charge in [0.2, 0.25) is 20.7 Å². The topological polar surface area (TPSA) is 249 Å². The lowest BCUT2D eigenvalue weighted by Crippen LogP contribution is -2.26. The fourth-order valence-electron chi connectivity index (χ4n) is 8.91. The lowest BCUT2D eigenvalue weighted by molar-refractivity contribution is -0.432. The van der Waals surface area contributed by atoms with Crippen molar-refractivity contribution in [3.63, 3.8) is 0 Å². The zero-order chi connectivity index (χ0) is 39.1. The monoisotopic (exact) mass is 818 g/mol. The van der Waals surface area contributed by atoms with Crippen LogP contribution in [0, 0.1) is 0 Å². The highest BCUT2D eigenvalue weighted by Crippen LogP contribution is 2.50. The Kier molecular flexibility index (Phi) is 6.10. The van der Waals surface area contributed by atoms with Crippen LogP contribution in [-0.2, 0) is 28.6 Å². The Morgan fingerprint density at radius 1 is 0.526 bits per heavy atom. The lowest BCUT2D eigenvalue weighted by Gasteiger charge is -2.16. The number of pyridine rings is 2. The molecule has 18 nitrogen and oxygen atoms in total. The molecule has 5 heterocycles. The van der Waals surface area contributed by atoms with Gasteiger partial charge in [-0.2, -0.15) is 0 Å². The summed E-state index contributed by atoms with van der Waals surface area (Å²) in [7, 11) is -5.14. The summed E-state index contributed by atoms with van der Waals surface area (Å²) < 4.78 is 40.6. The summed E-state index contributed by atoms with van der Waals surface area (Å²) in [4.78, 5) is 95.4. The van der Waals surface area contributed by atoms with Crippen molar-refractivity contribution >= 4 is 132 Å². The van der Waals surface area contributed by atoms with Gasteiger partial charge < -0.3 is 0 Å². The van der Waals surface area contributed by atoms with Crippen molar-refractivity contribution in [1.29, 1.82) is 0 Å². The van der Waals surface area contributed by atoms with Crippen LogP contribution in [-0.4, -0.2) is 37.7 Å². The fourth-order valence-corrected chi connectivity index (χ4v) is 11.5. The number of benzene rings is 7. The zero-order valence-corrected chi connectivity index (χ0v) is 29.9. The lowest BCUT2D eigenvalue weighted by atomic mass is 9.85. The molecule has 12 rings (SSSR count). The molecule has 0 bridgehead atoms. The predicted molar refractivity (Wildman–Crippen MR) is 204 cm³/mol. The first-order valence-electron chi connectivity index (χ1n) is 16.3. The molecule has 1 aliphatic rings. The molecule has 0 amide bonds. The zero-order valence-electron chi connectivity index (χ0n) is 27.4. The van der Waals surface area contributed by atoms with Gasteiger partial charge in [-0.1, -0.05) is 10.1 Å². The molecular weight excluding hydrogens is 809 g/mol. The smallest absolute Gasteiger partial charge is 0.268 e. The van der Waals surface area contributed by atoms with E-state index in [0.29, 0.717) is 33.9 Å². The molecular formula is C36H10N4O14S3. The van der Waals surface area contributed by atoms with Gasteiger partial charge >= 0.3 is 0 Å². The Morgan fingerprint density at radius 3 is 1.35 bits per heavy atom. The first-order valence-corrected chi connectivity index (χ1v) is 19.2. The third-order valence-corrected chi connectivity index (χ3v) is 13.8. The Labute approximate surface area is 317 Å². The Hall–Kier alpha value is -6.27. The Balaban J connectivity index is 1.34. The molecule has 7 aromatic carbocycles. The molecule has 2 N–H and O–H groups in total. The van der Waals surface area contributed by atoms with Gasteiger partial charge in [-0.3, -0.25) is 37.6 Å². The van der Waals surface area contributed by atoms with Gasteiger partial charge in [0.05, 0.1) is 56.9 Å². The molecule has 0 atom stereocenters. The molecule has 0 saturated carbocycles.